The highest BCUT2D eigenvalue weighted by atomic mass is 28.4. The standard InChI is InChI=1S/C16H34O5Si/c1-14(2,3)22(6,7)20-10-12(18)16(5)9-8-13(21-16)15(4,19)11-17/h12-13,17-19H,8-11H2,1-7H3/t12-,13+,15-,16-/m0/s1. The molecule has 0 aromatic carbocycles. The Morgan fingerprint density at radius 2 is 1.86 bits per heavy atom. The Balaban J connectivity index is 2.65. The van der Waals surface area contributed by atoms with E-state index in [0.717, 1.165) is 0 Å². The fourth-order valence-corrected chi connectivity index (χ4v) is 3.33. The lowest BCUT2D eigenvalue weighted by atomic mass is 9.93. The Hall–Kier alpha value is 0.0169. The van der Waals surface area contributed by atoms with E-state index in [4.69, 9.17) is 9.16 Å². The second-order valence-electron chi connectivity index (χ2n) is 8.56. The van der Waals surface area contributed by atoms with Gasteiger partial charge in [0.25, 0.3) is 0 Å². The van der Waals surface area contributed by atoms with Gasteiger partial charge in [-0.05, 0) is 44.8 Å². The molecule has 0 spiro atoms. The van der Waals surface area contributed by atoms with E-state index in [-0.39, 0.29) is 18.3 Å². The summed E-state index contributed by atoms with van der Waals surface area (Å²) in [7, 11) is -1.92. The molecule has 0 aliphatic carbocycles. The predicted molar refractivity (Wildman–Crippen MR) is 89.4 cm³/mol. The number of ether oxygens (including phenoxy) is 1. The van der Waals surface area contributed by atoms with Crippen LogP contribution in [0.5, 0.6) is 0 Å². The first-order valence-corrected chi connectivity index (χ1v) is 11.0. The maximum atomic E-state index is 10.5. The molecule has 1 aliphatic rings. The average molecular weight is 335 g/mol. The van der Waals surface area contributed by atoms with Crippen LogP contribution in [0.2, 0.25) is 18.1 Å². The molecule has 3 N–H and O–H groups in total. The Labute approximate surface area is 135 Å². The molecule has 1 rings (SSSR count). The van der Waals surface area contributed by atoms with Crippen LogP contribution in [0.1, 0.15) is 47.5 Å². The van der Waals surface area contributed by atoms with Crippen LogP contribution in [0, 0.1) is 0 Å². The molecule has 132 valence electrons. The van der Waals surface area contributed by atoms with Crippen LogP contribution in [0.25, 0.3) is 0 Å². The van der Waals surface area contributed by atoms with Crippen molar-refractivity contribution in [3.63, 3.8) is 0 Å². The molecule has 0 aromatic rings. The van der Waals surface area contributed by atoms with Crippen molar-refractivity contribution in [1.29, 1.82) is 0 Å². The van der Waals surface area contributed by atoms with Gasteiger partial charge in [-0.2, -0.15) is 0 Å². The van der Waals surface area contributed by atoms with Crippen molar-refractivity contribution in [2.45, 2.75) is 89.0 Å². The van der Waals surface area contributed by atoms with Gasteiger partial charge in [0.15, 0.2) is 8.32 Å². The molecule has 5 nitrogen and oxygen atoms in total. The second kappa shape index (κ2) is 6.49. The number of rotatable bonds is 6. The zero-order chi connectivity index (χ0) is 17.4. The van der Waals surface area contributed by atoms with Gasteiger partial charge in [-0.15, -0.1) is 0 Å². The second-order valence-corrected chi connectivity index (χ2v) is 13.4. The molecule has 0 amide bonds. The summed E-state index contributed by atoms with van der Waals surface area (Å²) in [6, 6.07) is 0. The van der Waals surface area contributed by atoms with Gasteiger partial charge in [0.1, 0.15) is 11.7 Å². The minimum Gasteiger partial charge on any atom is -0.414 e. The minimum absolute atomic E-state index is 0.0905. The fraction of sp³-hybridized carbons (Fsp3) is 1.00. The molecule has 4 atom stereocenters. The van der Waals surface area contributed by atoms with E-state index in [1.807, 2.05) is 6.92 Å². The first-order chi connectivity index (χ1) is 9.75. The monoisotopic (exact) mass is 334 g/mol. The van der Waals surface area contributed by atoms with Crippen molar-refractivity contribution in [2.75, 3.05) is 13.2 Å². The lowest BCUT2D eigenvalue weighted by molar-refractivity contribution is -0.172. The van der Waals surface area contributed by atoms with Crippen molar-refractivity contribution < 1.29 is 24.5 Å². The quantitative estimate of drug-likeness (QED) is 0.648. The van der Waals surface area contributed by atoms with E-state index in [1.165, 1.54) is 0 Å². The Morgan fingerprint density at radius 1 is 1.32 bits per heavy atom. The number of hydrogen-bond donors (Lipinski definition) is 3. The summed E-state index contributed by atoms with van der Waals surface area (Å²) in [6.45, 7) is 14.1. The largest absolute Gasteiger partial charge is 0.414 e. The van der Waals surface area contributed by atoms with Crippen molar-refractivity contribution in [1.82, 2.24) is 0 Å². The van der Waals surface area contributed by atoms with Gasteiger partial charge in [0.05, 0.1) is 24.9 Å². The lowest BCUT2D eigenvalue weighted by Gasteiger charge is -2.39. The maximum Gasteiger partial charge on any atom is 0.192 e. The van der Waals surface area contributed by atoms with E-state index in [1.54, 1.807) is 6.92 Å². The normalized spacial score (nSPS) is 31.1. The first kappa shape index (κ1) is 20.1. The lowest BCUT2D eigenvalue weighted by Crippen LogP contribution is -2.50. The van der Waals surface area contributed by atoms with Crippen molar-refractivity contribution in [3.05, 3.63) is 0 Å². The van der Waals surface area contributed by atoms with Gasteiger partial charge in [0, 0.05) is 0 Å². The number of aliphatic hydroxyl groups is 3. The maximum absolute atomic E-state index is 10.5. The van der Waals surface area contributed by atoms with E-state index >= 15 is 0 Å². The molecule has 1 heterocycles. The molecule has 1 saturated heterocycles. The van der Waals surface area contributed by atoms with Crippen LogP contribution in [0.15, 0.2) is 0 Å². The van der Waals surface area contributed by atoms with E-state index in [9.17, 15) is 15.3 Å². The molecule has 0 unspecified atom stereocenters. The summed E-state index contributed by atoms with van der Waals surface area (Å²) < 4.78 is 12.0. The van der Waals surface area contributed by atoms with Gasteiger partial charge >= 0.3 is 0 Å². The summed E-state index contributed by atoms with van der Waals surface area (Å²) in [5.41, 5.74) is -2.02. The summed E-state index contributed by atoms with van der Waals surface area (Å²) >= 11 is 0. The molecule has 6 heteroatoms. The van der Waals surface area contributed by atoms with Crippen molar-refractivity contribution in [2.24, 2.45) is 0 Å². The van der Waals surface area contributed by atoms with Crippen LogP contribution in [-0.2, 0) is 9.16 Å². The zero-order valence-corrected chi connectivity index (χ0v) is 16.1. The third kappa shape index (κ3) is 4.30. The number of aliphatic hydroxyl groups excluding tert-OH is 2. The van der Waals surface area contributed by atoms with Crippen LogP contribution in [0.3, 0.4) is 0 Å². The summed E-state index contributed by atoms with van der Waals surface area (Å²) in [5.74, 6) is 0. The Bertz CT molecular complexity index is 377. The van der Waals surface area contributed by atoms with Gasteiger partial charge in [-0.3, -0.25) is 0 Å². The van der Waals surface area contributed by atoms with Gasteiger partial charge < -0.3 is 24.5 Å². The fourth-order valence-electron chi connectivity index (χ4n) is 2.33. The van der Waals surface area contributed by atoms with E-state index < -0.39 is 31.7 Å². The molecule has 0 bridgehead atoms. The van der Waals surface area contributed by atoms with E-state index in [2.05, 4.69) is 33.9 Å². The average Bonchev–Trinajstić information content (AvgIpc) is 2.79. The van der Waals surface area contributed by atoms with Crippen LogP contribution < -0.4 is 0 Å². The molecule has 0 radical (unpaired) electrons. The molecular formula is C16H34O5Si. The van der Waals surface area contributed by atoms with Gasteiger partial charge in [0.2, 0.25) is 0 Å². The van der Waals surface area contributed by atoms with Gasteiger partial charge in [-0.25, -0.2) is 0 Å². The summed E-state index contributed by atoms with van der Waals surface area (Å²) in [5, 5.41) is 30.0. The number of hydrogen-bond acceptors (Lipinski definition) is 5. The molecule has 1 fully saturated rings. The molecule has 1 aliphatic heterocycles. The SMILES string of the molecule is CC(C)(C)[Si](C)(C)OC[C@H](O)[C@]1(C)CC[C@H]([C@@](C)(O)CO)O1. The third-order valence-electron chi connectivity index (χ3n) is 5.44. The minimum atomic E-state index is -1.92. The highest BCUT2D eigenvalue weighted by Crippen LogP contribution is 2.40. The molecular weight excluding hydrogens is 300 g/mol. The van der Waals surface area contributed by atoms with Crippen molar-refractivity contribution in [3.8, 4) is 0 Å². The zero-order valence-electron chi connectivity index (χ0n) is 15.1. The summed E-state index contributed by atoms with van der Waals surface area (Å²) in [6.07, 6.45) is 0.0305. The van der Waals surface area contributed by atoms with Crippen LogP contribution >= 0.6 is 0 Å². The van der Waals surface area contributed by atoms with Crippen LogP contribution in [-0.4, -0.2) is 60.3 Å². The smallest absolute Gasteiger partial charge is 0.192 e. The van der Waals surface area contributed by atoms with E-state index in [0.29, 0.717) is 12.8 Å². The predicted octanol–water partition coefficient (Wildman–Crippen LogP) is 2.05. The topological polar surface area (TPSA) is 79.2 Å². The van der Waals surface area contributed by atoms with Gasteiger partial charge in [-0.1, -0.05) is 20.8 Å². The molecule has 22 heavy (non-hydrogen) atoms. The highest BCUT2D eigenvalue weighted by Gasteiger charge is 2.48. The molecule has 0 saturated carbocycles. The first-order valence-electron chi connectivity index (χ1n) is 8.08. The highest BCUT2D eigenvalue weighted by molar-refractivity contribution is 6.74. The molecule has 0 aromatic heterocycles. The Kier molecular flexibility index (Phi) is 5.92. The summed E-state index contributed by atoms with van der Waals surface area (Å²) in [4.78, 5) is 0. The van der Waals surface area contributed by atoms with Crippen molar-refractivity contribution >= 4 is 8.32 Å². The Morgan fingerprint density at radius 3 is 2.32 bits per heavy atom. The van der Waals surface area contributed by atoms with Crippen LogP contribution in [0.4, 0.5) is 0 Å². The third-order valence-corrected chi connectivity index (χ3v) is 9.94.